The van der Waals surface area contributed by atoms with Gasteiger partial charge in [0.1, 0.15) is 11.6 Å². The van der Waals surface area contributed by atoms with Crippen molar-refractivity contribution in [1.82, 2.24) is 0 Å². The fourth-order valence-electron chi connectivity index (χ4n) is 2.15. The minimum absolute atomic E-state index is 0.231. The van der Waals surface area contributed by atoms with Gasteiger partial charge >= 0.3 is 0 Å². The van der Waals surface area contributed by atoms with Crippen molar-refractivity contribution in [2.75, 3.05) is 6.61 Å². The average Bonchev–Trinajstić information content (AvgIpc) is 2.43. The van der Waals surface area contributed by atoms with Crippen LogP contribution in [0.2, 0.25) is 0 Å². The standard InChI is InChI=1S/C17H20FNO/c1-4-20-15-9-7-13(8-10-15)17(3,19)14-6-5-12(2)16(18)11-14/h5-11H,4,19H2,1-3H3. The third kappa shape index (κ3) is 2.83. The van der Waals surface area contributed by atoms with Crippen LogP contribution in [0.25, 0.3) is 0 Å². The Labute approximate surface area is 119 Å². The lowest BCUT2D eigenvalue weighted by Crippen LogP contribution is -2.34. The predicted molar refractivity (Wildman–Crippen MR) is 79.4 cm³/mol. The SMILES string of the molecule is CCOc1ccc(C(C)(N)c2ccc(C)c(F)c2)cc1. The highest BCUT2D eigenvalue weighted by molar-refractivity contribution is 5.40. The van der Waals surface area contributed by atoms with Crippen LogP contribution in [0, 0.1) is 12.7 Å². The average molecular weight is 273 g/mol. The molecule has 0 spiro atoms. The molecule has 1 unspecified atom stereocenters. The molecule has 20 heavy (non-hydrogen) atoms. The van der Waals surface area contributed by atoms with Gasteiger partial charge in [0.15, 0.2) is 0 Å². The predicted octanol–water partition coefficient (Wildman–Crippen LogP) is 3.76. The fourth-order valence-corrected chi connectivity index (χ4v) is 2.15. The summed E-state index contributed by atoms with van der Waals surface area (Å²) in [5, 5.41) is 0. The number of halogens is 1. The van der Waals surface area contributed by atoms with E-state index in [0.717, 1.165) is 16.9 Å². The third-order valence-corrected chi connectivity index (χ3v) is 3.54. The van der Waals surface area contributed by atoms with Crippen molar-refractivity contribution in [3.05, 3.63) is 65.0 Å². The Morgan fingerprint density at radius 1 is 1.10 bits per heavy atom. The maximum atomic E-state index is 13.7. The summed E-state index contributed by atoms with van der Waals surface area (Å²) in [6, 6.07) is 12.7. The van der Waals surface area contributed by atoms with Crippen molar-refractivity contribution in [2.24, 2.45) is 5.73 Å². The van der Waals surface area contributed by atoms with Crippen molar-refractivity contribution in [3.63, 3.8) is 0 Å². The van der Waals surface area contributed by atoms with Gasteiger partial charge in [-0.25, -0.2) is 4.39 Å². The minimum atomic E-state index is -0.737. The summed E-state index contributed by atoms with van der Waals surface area (Å²) >= 11 is 0. The Hall–Kier alpha value is -1.87. The fraction of sp³-hybridized carbons (Fsp3) is 0.294. The molecule has 0 aliphatic carbocycles. The van der Waals surface area contributed by atoms with Crippen LogP contribution >= 0.6 is 0 Å². The van der Waals surface area contributed by atoms with Gasteiger partial charge in [0, 0.05) is 0 Å². The number of aryl methyl sites for hydroxylation is 1. The number of hydrogen-bond donors (Lipinski definition) is 1. The largest absolute Gasteiger partial charge is 0.494 e. The quantitative estimate of drug-likeness (QED) is 0.920. The van der Waals surface area contributed by atoms with Gasteiger partial charge in [-0.2, -0.15) is 0 Å². The molecule has 106 valence electrons. The summed E-state index contributed by atoms with van der Waals surface area (Å²) in [5.74, 6) is 0.576. The van der Waals surface area contributed by atoms with Crippen molar-refractivity contribution < 1.29 is 9.13 Å². The van der Waals surface area contributed by atoms with E-state index < -0.39 is 5.54 Å². The van der Waals surface area contributed by atoms with Crippen LogP contribution in [-0.4, -0.2) is 6.61 Å². The molecule has 0 radical (unpaired) electrons. The summed E-state index contributed by atoms with van der Waals surface area (Å²) in [7, 11) is 0. The van der Waals surface area contributed by atoms with E-state index in [9.17, 15) is 4.39 Å². The Morgan fingerprint density at radius 3 is 2.25 bits per heavy atom. The number of rotatable bonds is 4. The van der Waals surface area contributed by atoms with Gasteiger partial charge in [0.2, 0.25) is 0 Å². The van der Waals surface area contributed by atoms with Crippen LogP contribution in [0.15, 0.2) is 42.5 Å². The zero-order valence-electron chi connectivity index (χ0n) is 12.1. The number of nitrogens with two attached hydrogens (primary N) is 1. The van der Waals surface area contributed by atoms with Crippen LogP contribution < -0.4 is 10.5 Å². The van der Waals surface area contributed by atoms with Gasteiger partial charge in [-0.1, -0.05) is 24.3 Å². The van der Waals surface area contributed by atoms with Crippen LogP contribution in [0.5, 0.6) is 5.75 Å². The normalized spacial score (nSPS) is 13.8. The molecule has 0 aliphatic heterocycles. The van der Waals surface area contributed by atoms with Crippen molar-refractivity contribution >= 4 is 0 Å². The highest BCUT2D eigenvalue weighted by atomic mass is 19.1. The molecule has 2 aromatic carbocycles. The molecule has 0 heterocycles. The zero-order chi connectivity index (χ0) is 14.8. The topological polar surface area (TPSA) is 35.2 Å². The molecule has 1 atom stereocenters. The first-order valence-corrected chi connectivity index (χ1v) is 6.74. The summed E-state index contributed by atoms with van der Waals surface area (Å²) in [6.45, 7) is 6.19. The second-order valence-corrected chi connectivity index (χ2v) is 5.12. The Kier molecular flexibility index (Phi) is 4.09. The molecule has 2 N–H and O–H groups in total. The van der Waals surface area contributed by atoms with E-state index in [-0.39, 0.29) is 5.82 Å². The molecule has 0 saturated heterocycles. The van der Waals surface area contributed by atoms with Gasteiger partial charge in [-0.15, -0.1) is 0 Å². The van der Waals surface area contributed by atoms with E-state index in [4.69, 9.17) is 10.5 Å². The summed E-state index contributed by atoms with van der Waals surface area (Å²) in [5.41, 5.74) is 7.95. The van der Waals surface area contributed by atoms with Gasteiger partial charge < -0.3 is 10.5 Å². The summed E-state index contributed by atoms with van der Waals surface area (Å²) in [6.07, 6.45) is 0. The van der Waals surface area contributed by atoms with Crippen molar-refractivity contribution in [1.29, 1.82) is 0 Å². The Balaban J connectivity index is 2.35. The van der Waals surface area contributed by atoms with Crippen LogP contribution in [0.4, 0.5) is 4.39 Å². The molecule has 0 aromatic heterocycles. The second-order valence-electron chi connectivity index (χ2n) is 5.12. The maximum Gasteiger partial charge on any atom is 0.126 e. The van der Waals surface area contributed by atoms with E-state index >= 15 is 0 Å². The maximum absolute atomic E-state index is 13.7. The number of ether oxygens (including phenoxy) is 1. The van der Waals surface area contributed by atoms with Gasteiger partial charge in [0.25, 0.3) is 0 Å². The lowest BCUT2D eigenvalue weighted by molar-refractivity contribution is 0.340. The van der Waals surface area contributed by atoms with E-state index in [1.165, 1.54) is 6.07 Å². The molecule has 2 nitrogen and oxygen atoms in total. The Morgan fingerprint density at radius 2 is 1.70 bits per heavy atom. The van der Waals surface area contributed by atoms with Crippen LogP contribution in [-0.2, 0) is 5.54 Å². The lowest BCUT2D eigenvalue weighted by atomic mass is 9.85. The smallest absolute Gasteiger partial charge is 0.126 e. The van der Waals surface area contributed by atoms with Crippen molar-refractivity contribution in [3.8, 4) is 5.75 Å². The minimum Gasteiger partial charge on any atom is -0.494 e. The molecule has 0 fully saturated rings. The van der Waals surface area contributed by atoms with E-state index in [0.29, 0.717) is 12.2 Å². The molecule has 0 amide bonds. The summed E-state index contributed by atoms with van der Waals surface area (Å²) < 4.78 is 19.1. The molecular weight excluding hydrogens is 253 g/mol. The number of benzene rings is 2. The second kappa shape index (κ2) is 5.63. The molecule has 0 bridgehead atoms. The highest BCUT2D eigenvalue weighted by Gasteiger charge is 2.24. The summed E-state index contributed by atoms with van der Waals surface area (Å²) in [4.78, 5) is 0. The third-order valence-electron chi connectivity index (χ3n) is 3.54. The van der Waals surface area contributed by atoms with E-state index in [1.807, 2.05) is 44.2 Å². The van der Waals surface area contributed by atoms with Gasteiger partial charge in [-0.05, 0) is 55.7 Å². The number of hydrogen-bond acceptors (Lipinski definition) is 2. The van der Waals surface area contributed by atoms with Gasteiger partial charge in [0.05, 0.1) is 12.1 Å². The van der Waals surface area contributed by atoms with E-state index in [1.54, 1.807) is 13.0 Å². The molecule has 0 aliphatic rings. The first kappa shape index (κ1) is 14.5. The monoisotopic (exact) mass is 273 g/mol. The first-order chi connectivity index (χ1) is 9.45. The Bertz CT molecular complexity index is 590. The molecule has 3 heteroatoms. The molecule has 2 aromatic rings. The molecule has 2 rings (SSSR count). The van der Waals surface area contributed by atoms with Crippen molar-refractivity contribution in [2.45, 2.75) is 26.3 Å². The van der Waals surface area contributed by atoms with Crippen LogP contribution in [0.3, 0.4) is 0 Å². The first-order valence-electron chi connectivity index (χ1n) is 6.74. The van der Waals surface area contributed by atoms with Gasteiger partial charge in [-0.3, -0.25) is 0 Å². The molecular formula is C17H20FNO. The molecule has 0 saturated carbocycles. The highest BCUT2D eigenvalue weighted by Crippen LogP contribution is 2.29. The lowest BCUT2D eigenvalue weighted by Gasteiger charge is -2.26. The zero-order valence-corrected chi connectivity index (χ0v) is 12.1. The van der Waals surface area contributed by atoms with Crippen LogP contribution in [0.1, 0.15) is 30.5 Å². The van der Waals surface area contributed by atoms with E-state index in [2.05, 4.69) is 0 Å².